The van der Waals surface area contributed by atoms with Gasteiger partial charge in [0.15, 0.2) is 0 Å². The third-order valence-electron chi connectivity index (χ3n) is 6.16. The molecule has 3 aromatic rings. The molecule has 0 saturated carbocycles. The minimum Gasteiger partial charge on any atom is -0.369 e. The van der Waals surface area contributed by atoms with Gasteiger partial charge in [-0.15, -0.1) is 0 Å². The highest BCUT2D eigenvalue weighted by molar-refractivity contribution is 5.99. The van der Waals surface area contributed by atoms with Crippen LogP contribution in [0.15, 0.2) is 78.9 Å². The van der Waals surface area contributed by atoms with Crippen LogP contribution >= 0.6 is 0 Å². The topological polar surface area (TPSA) is 64.7 Å². The van der Waals surface area contributed by atoms with Gasteiger partial charge in [0.1, 0.15) is 0 Å². The van der Waals surface area contributed by atoms with E-state index in [1.54, 1.807) is 6.92 Å². The van der Waals surface area contributed by atoms with Crippen LogP contribution in [0.5, 0.6) is 0 Å². The summed E-state index contributed by atoms with van der Waals surface area (Å²) in [5, 5.41) is 5.77. The average Bonchev–Trinajstić information content (AvgIpc) is 3.31. The molecule has 0 aromatic heterocycles. The first-order valence-corrected chi connectivity index (χ1v) is 11.3. The molecule has 0 bridgehead atoms. The smallest absolute Gasteiger partial charge is 0.323 e. The Labute approximate surface area is 195 Å². The molecule has 170 valence electrons. The third kappa shape index (κ3) is 5.92. The standard InChI is InChI=1S/C27H30N4O2/c1-20(32)30(2)26-16-17-31(19-26)25-14-12-24(13-15-25)29-27(33)28-23-10-8-22(9-11-23)18-21-6-4-3-5-7-21/h3-15,26H,16-19H2,1-2H3,(H2,28,29,33). The SMILES string of the molecule is CC(=O)N(C)C1CCN(c2ccc(NC(=O)Nc3ccc(Cc4ccccc4)cc3)cc2)C1. The van der Waals surface area contributed by atoms with Crippen LogP contribution in [0.1, 0.15) is 24.5 Å². The predicted octanol–water partition coefficient (Wildman–Crippen LogP) is 4.98. The summed E-state index contributed by atoms with van der Waals surface area (Å²) in [5.74, 6) is 0.0956. The van der Waals surface area contributed by atoms with Crippen LogP contribution in [0.3, 0.4) is 0 Å². The molecule has 1 heterocycles. The minimum absolute atomic E-state index is 0.0956. The van der Waals surface area contributed by atoms with Crippen molar-refractivity contribution in [2.45, 2.75) is 25.8 Å². The fourth-order valence-corrected chi connectivity index (χ4v) is 4.14. The Morgan fingerprint density at radius 3 is 2.06 bits per heavy atom. The highest BCUT2D eigenvalue weighted by atomic mass is 16.2. The summed E-state index contributed by atoms with van der Waals surface area (Å²) in [5.41, 5.74) is 5.03. The maximum atomic E-state index is 12.4. The largest absolute Gasteiger partial charge is 0.369 e. The summed E-state index contributed by atoms with van der Waals surface area (Å²) < 4.78 is 0. The average molecular weight is 443 g/mol. The van der Waals surface area contributed by atoms with Crippen molar-refractivity contribution in [3.63, 3.8) is 0 Å². The van der Waals surface area contributed by atoms with Crippen LogP contribution in [-0.4, -0.2) is 43.0 Å². The van der Waals surface area contributed by atoms with E-state index in [0.717, 1.165) is 43.0 Å². The van der Waals surface area contributed by atoms with Crippen molar-refractivity contribution in [3.05, 3.63) is 90.0 Å². The number of urea groups is 1. The Morgan fingerprint density at radius 1 is 0.879 bits per heavy atom. The van der Waals surface area contributed by atoms with Gasteiger partial charge in [-0.25, -0.2) is 4.79 Å². The van der Waals surface area contributed by atoms with Gasteiger partial charge in [-0.2, -0.15) is 0 Å². The molecule has 0 radical (unpaired) electrons. The predicted molar refractivity (Wildman–Crippen MR) is 134 cm³/mol. The van der Waals surface area contributed by atoms with Crippen LogP contribution in [0, 0.1) is 0 Å². The zero-order valence-electron chi connectivity index (χ0n) is 19.1. The van der Waals surface area contributed by atoms with Crippen LogP contribution in [0.25, 0.3) is 0 Å². The van der Waals surface area contributed by atoms with Gasteiger partial charge >= 0.3 is 6.03 Å². The molecule has 4 rings (SSSR count). The number of rotatable bonds is 6. The molecule has 1 saturated heterocycles. The van der Waals surface area contributed by atoms with Gasteiger partial charge in [0.2, 0.25) is 5.91 Å². The lowest BCUT2D eigenvalue weighted by Crippen LogP contribution is -2.37. The number of hydrogen-bond donors (Lipinski definition) is 2. The molecule has 6 heteroatoms. The number of nitrogens with zero attached hydrogens (tertiary/aromatic N) is 2. The van der Waals surface area contributed by atoms with Crippen LogP contribution < -0.4 is 15.5 Å². The lowest BCUT2D eigenvalue weighted by Gasteiger charge is -2.24. The van der Waals surface area contributed by atoms with Gasteiger partial charge in [0.25, 0.3) is 0 Å². The first kappa shape index (κ1) is 22.4. The Kier molecular flexibility index (Phi) is 6.93. The van der Waals surface area contributed by atoms with Crippen molar-refractivity contribution >= 4 is 29.0 Å². The summed E-state index contributed by atoms with van der Waals surface area (Å²) in [4.78, 5) is 28.1. The van der Waals surface area contributed by atoms with E-state index in [1.807, 2.05) is 78.7 Å². The Morgan fingerprint density at radius 2 is 1.45 bits per heavy atom. The normalized spacial score (nSPS) is 15.2. The van der Waals surface area contributed by atoms with Crippen molar-refractivity contribution in [2.24, 2.45) is 0 Å². The Balaban J connectivity index is 1.28. The second-order valence-corrected chi connectivity index (χ2v) is 8.50. The van der Waals surface area contributed by atoms with E-state index in [2.05, 4.69) is 27.7 Å². The molecule has 6 nitrogen and oxygen atoms in total. The number of nitrogens with one attached hydrogen (secondary N) is 2. The Bertz CT molecular complexity index is 1080. The van der Waals surface area contributed by atoms with Crippen LogP contribution in [0.4, 0.5) is 21.9 Å². The number of benzene rings is 3. The molecule has 1 aliphatic rings. The molecule has 0 spiro atoms. The lowest BCUT2D eigenvalue weighted by atomic mass is 10.0. The van der Waals surface area contributed by atoms with E-state index < -0.39 is 0 Å². The van der Waals surface area contributed by atoms with Gasteiger partial charge in [-0.3, -0.25) is 4.79 Å². The number of carbonyl (C=O) groups is 2. The number of amides is 3. The van der Waals surface area contributed by atoms with Gasteiger partial charge in [-0.1, -0.05) is 42.5 Å². The van der Waals surface area contributed by atoms with Crippen molar-refractivity contribution in [3.8, 4) is 0 Å². The first-order valence-electron chi connectivity index (χ1n) is 11.3. The molecule has 1 aliphatic heterocycles. The summed E-state index contributed by atoms with van der Waals surface area (Å²) in [6.07, 6.45) is 1.82. The second kappa shape index (κ2) is 10.2. The minimum atomic E-state index is -0.275. The van der Waals surface area contributed by atoms with E-state index in [4.69, 9.17) is 0 Å². The van der Waals surface area contributed by atoms with Gasteiger partial charge in [0, 0.05) is 44.1 Å². The van der Waals surface area contributed by atoms with E-state index in [0.29, 0.717) is 0 Å². The fourth-order valence-electron chi connectivity index (χ4n) is 4.14. The molecular formula is C27H30N4O2. The number of likely N-dealkylation sites (N-methyl/N-ethyl adjacent to an activating group) is 1. The van der Waals surface area contributed by atoms with Crippen molar-refractivity contribution in [2.75, 3.05) is 35.7 Å². The molecule has 33 heavy (non-hydrogen) atoms. The molecule has 2 N–H and O–H groups in total. The zero-order chi connectivity index (χ0) is 23.2. The number of carbonyl (C=O) groups excluding carboxylic acids is 2. The van der Waals surface area contributed by atoms with Crippen LogP contribution in [-0.2, 0) is 11.2 Å². The summed E-state index contributed by atoms with van der Waals surface area (Å²) >= 11 is 0. The molecule has 1 atom stereocenters. The van der Waals surface area contributed by atoms with Gasteiger partial charge in [0.05, 0.1) is 6.04 Å². The molecule has 1 unspecified atom stereocenters. The van der Waals surface area contributed by atoms with E-state index in [-0.39, 0.29) is 18.0 Å². The third-order valence-corrected chi connectivity index (χ3v) is 6.16. The van der Waals surface area contributed by atoms with Crippen molar-refractivity contribution < 1.29 is 9.59 Å². The molecule has 3 aromatic carbocycles. The lowest BCUT2D eigenvalue weighted by molar-refractivity contribution is -0.129. The van der Waals surface area contributed by atoms with Crippen LogP contribution in [0.2, 0.25) is 0 Å². The number of hydrogen-bond acceptors (Lipinski definition) is 3. The van der Waals surface area contributed by atoms with Gasteiger partial charge < -0.3 is 20.4 Å². The number of anilines is 3. The van der Waals surface area contributed by atoms with E-state index >= 15 is 0 Å². The quantitative estimate of drug-likeness (QED) is 0.566. The monoisotopic (exact) mass is 442 g/mol. The first-order chi connectivity index (χ1) is 16.0. The summed E-state index contributed by atoms with van der Waals surface area (Å²) in [7, 11) is 1.86. The molecule has 0 aliphatic carbocycles. The summed E-state index contributed by atoms with van der Waals surface area (Å²) in [6.45, 7) is 3.34. The van der Waals surface area contributed by atoms with E-state index in [9.17, 15) is 9.59 Å². The molecule has 1 fully saturated rings. The van der Waals surface area contributed by atoms with Gasteiger partial charge in [-0.05, 0) is 60.4 Å². The fraction of sp³-hybridized carbons (Fsp3) is 0.259. The molecule has 3 amide bonds. The maximum Gasteiger partial charge on any atom is 0.323 e. The summed E-state index contributed by atoms with van der Waals surface area (Å²) in [6, 6.07) is 26.0. The highest BCUT2D eigenvalue weighted by Crippen LogP contribution is 2.24. The second-order valence-electron chi connectivity index (χ2n) is 8.50. The van der Waals surface area contributed by atoms with E-state index in [1.165, 1.54) is 11.1 Å². The maximum absolute atomic E-state index is 12.4. The van der Waals surface area contributed by atoms with Crippen molar-refractivity contribution in [1.29, 1.82) is 0 Å². The highest BCUT2D eigenvalue weighted by Gasteiger charge is 2.27. The van der Waals surface area contributed by atoms with Crippen molar-refractivity contribution in [1.82, 2.24) is 4.90 Å². The molecular weight excluding hydrogens is 412 g/mol. The zero-order valence-corrected chi connectivity index (χ0v) is 19.1. The Hall–Kier alpha value is -3.80.